The van der Waals surface area contributed by atoms with Crippen LogP contribution in [0.25, 0.3) is 33.9 Å². The molecule has 6 nitrogen and oxygen atoms in total. The van der Waals surface area contributed by atoms with Crippen molar-refractivity contribution in [2.75, 3.05) is 0 Å². The minimum Gasteiger partial charge on any atom is -0.463 e. The first-order chi connectivity index (χ1) is 10.8. The van der Waals surface area contributed by atoms with Gasteiger partial charge in [-0.05, 0) is 24.3 Å². The van der Waals surface area contributed by atoms with Gasteiger partial charge in [0.15, 0.2) is 0 Å². The molecule has 0 radical (unpaired) electrons. The van der Waals surface area contributed by atoms with E-state index in [1.54, 1.807) is 48.8 Å². The highest BCUT2D eigenvalue weighted by Gasteiger charge is 2.16. The lowest BCUT2D eigenvalue weighted by molar-refractivity contribution is 0.569. The quantitative estimate of drug-likeness (QED) is 0.564. The summed E-state index contributed by atoms with van der Waals surface area (Å²) >= 11 is 0. The number of nitrogens with zero attached hydrogens (tertiary/aromatic N) is 3. The maximum atomic E-state index is 12.5. The van der Waals surface area contributed by atoms with Crippen LogP contribution >= 0.6 is 0 Å². The lowest BCUT2D eigenvalue weighted by atomic mass is 10.2. The van der Waals surface area contributed by atoms with Crippen molar-refractivity contribution in [1.82, 2.24) is 15.2 Å². The first-order valence-corrected chi connectivity index (χ1v) is 6.58. The highest BCUT2D eigenvalue weighted by Crippen LogP contribution is 2.22. The topological polar surface area (TPSA) is 82.0 Å². The first kappa shape index (κ1) is 12.5. The zero-order valence-corrected chi connectivity index (χ0v) is 11.3. The lowest BCUT2D eigenvalue weighted by Crippen LogP contribution is -2.04. The van der Waals surface area contributed by atoms with Crippen LogP contribution < -0.4 is 5.43 Å². The fourth-order valence-corrected chi connectivity index (χ4v) is 2.16. The van der Waals surface area contributed by atoms with E-state index in [4.69, 9.17) is 8.83 Å². The van der Waals surface area contributed by atoms with Crippen molar-refractivity contribution in [1.29, 1.82) is 0 Å². The summed E-state index contributed by atoms with van der Waals surface area (Å²) in [4.78, 5) is 16.5. The van der Waals surface area contributed by atoms with Gasteiger partial charge in [0.05, 0.1) is 10.9 Å². The van der Waals surface area contributed by atoms with Crippen molar-refractivity contribution >= 4 is 11.0 Å². The fraction of sp³-hybridized carbons (Fsp3) is 0. The Hall–Kier alpha value is -3.28. The monoisotopic (exact) mass is 291 g/mol. The van der Waals surface area contributed by atoms with Gasteiger partial charge in [0, 0.05) is 12.4 Å². The van der Waals surface area contributed by atoms with Crippen LogP contribution in [0.5, 0.6) is 0 Å². The van der Waals surface area contributed by atoms with E-state index in [1.807, 2.05) is 0 Å². The highest BCUT2D eigenvalue weighted by atomic mass is 16.4. The molecule has 0 aliphatic carbocycles. The summed E-state index contributed by atoms with van der Waals surface area (Å²) in [6.07, 6.45) is 4.60. The summed E-state index contributed by atoms with van der Waals surface area (Å²) in [5.41, 5.74) is 1.24. The predicted molar refractivity (Wildman–Crippen MR) is 79.0 cm³/mol. The molecule has 0 atom stereocenters. The normalized spacial score (nSPS) is 10.9. The average Bonchev–Trinajstić information content (AvgIpc) is 3.06. The highest BCUT2D eigenvalue weighted by molar-refractivity contribution is 5.79. The van der Waals surface area contributed by atoms with E-state index in [0.717, 1.165) is 0 Å². The SMILES string of the molecule is O=c1c(-c2nnc(-c3cccnc3)o2)coc2ccccc12. The minimum absolute atomic E-state index is 0.123. The van der Waals surface area contributed by atoms with E-state index in [0.29, 0.717) is 22.4 Å². The number of fused-ring (bicyclic) bond motifs is 1. The third-order valence-corrected chi connectivity index (χ3v) is 3.24. The Bertz CT molecular complexity index is 1010. The van der Waals surface area contributed by atoms with Gasteiger partial charge in [-0.15, -0.1) is 10.2 Å². The average molecular weight is 291 g/mol. The van der Waals surface area contributed by atoms with Crippen LogP contribution in [0.15, 0.2) is 68.7 Å². The van der Waals surface area contributed by atoms with Crippen molar-refractivity contribution in [2.45, 2.75) is 0 Å². The van der Waals surface area contributed by atoms with Gasteiger partial charge in [-0.1, -0.05) is 12.1 Å². The molecule has 0 spiro atoms. The predicted octanol–water partition coefficient (Wildman–Crippen LogP) is 2.91. The lowest BCUT2D eigenvalue weighted by Gasteiger charge is -1.98. The van der Waals surface area contributed by atoms with E-state index in [1.165, 1.54) is 6.26 Å². The molecule has 4 rings (SSSR count). The standard InChI is InChI=1S/C16H9N3O3/c20-14-11-5-1-2-6-13(11)21-9-12(14)16-19-18-15(22-16)10-4-3-7-17-8-10/h1-9H. The third kappa shape index (κ3) is 1.98. The molecule has 22 heavy (non-hydrogen) atoms. The molecular weight excluding hydrogens is 282 g/mol. The molecule has 0 bridgehead atoms. The molecule has 0 unspecified atom stereocenters. The fourth-order valence-electron chi connectivity index (χ4n) is 2.16. The Balaban J connectivity index is 1.85. The van der Waals surface area contributed by atoms with Crippen LogP contribution in [0.3, 0.4) is 0 Å². The molecule has 0 aliphatic heterocycles. The second-order valence-corrected chi connectivity index (χ2v) is 4.63. The number of benzene rings is 1. The summed E-state index contributed by atoms with van der Waals surface area (Å²) in [6.45, 7) is 0. The number of pyridine rings is 1. The molecule has 3 heterocycles. The Kier molecular flexibility index (Phi) is 2.79. The molecule has 0 saturated carbocycles. The Labute approximate surface area is 124 Å². The van der Waals surface area contributed by atoms with Crippen molar-refractivity contribution in [3.63, 3.8) is 0 Å². The summed E-state index contributed by atoms with van der Waals surface area (Å²) in [6, 6.07) is 10.6. The maximum absolute atomic E-state index is 12.5. The van der Waals surface area contributed by atoms with E-state index >= 15 is 0 Å². The molecule has 0 amide bonds. The zero-order chi connectivity index (χ0) is 14.9. The molecule has 0 saturated heterocycles. The third-order valence-electron chi connectivity index (χ3n) is 3.24. The molecule has 0 fully saturated rings. The van der Waals surface area contributed by atoms with Crippen LogP contribution in [-0.2, 0) is 0 Å². The number of rotatable bonds is 2. The molecular formula is C16H9N3O3. The molecule has 4 aromatic rings. The summed E-state index contributed by atoms with van der Waals surface area (Å²) in [5.74, 6) is 0.425. The van der Waals surface area contributed by atoms with Gasteiger partial charge >= 0.3 is 0 Å². The second-order valence-electron chi connectivity index (χ2n) is 4.63. The number of para-hydroxylation sites is 1. The molecule has 6 heteroatoms. The van der Waals surface area contributed by atoms with Gasteiger partial charge in [-0.25, -0.2) is 0 Å². The van der Waals surface area contributed by atoms with E-state index < -0.39 is 0 Å². The largest absolute Gasteiger partial charge is 0.463 e. The summed E-state index contributed by atoms with van der Waals surface area (Å²) < 4.78 is 11.0. The Morgan fingerprint density at radius 2 is 1.82 bits per heavy atom. The van der Waals surface area contributed by atoms with Gasteiger partial charge in [0.1, 0.15) is 17.4 Å². The smallest absolute Gasteiger partial charge is 0.255 e. The maximum Gasteiger partial charge on any atom is 0.255 e. The molecule has 106 valence electrons. The van der Waals surface area contributed by atoms with Crippen LogP contribution in [0.1, 0.15) is 0 Å². The minimum atomic E-state index is -0.205. The van der Waals surface area contributed by atoms with Crippen LogP contribution in [0.2, 0.25) is 0 Å². The van der Waals surface area contributed by atoms with Gasteiger partial charge in [-0.2, -0.15) is 0 Å². The number of hydrogen-bond acceptors (Lipinski definition) is 6. The Morgan fingerprint density at radius 3 is 2.68 bits per heavy atom. The number of hydrogen-bond donors (Lipinski definition) is 0. The summed E-state index contributed by atoms with van der Waals surface area (Å²) in [5, 5.41) is 8.35. The van der Waals surface area contributed by atoms with Crippen molar-refractivity contribution in [3.8, 4) is 22.9 Å². The van der Waals surface area contributed by atoms with E-state index in [-0.39, 0.29) is 16.9 Å². The van der Waals surface area contributed by atoms with Crippen molar-refractivity contribution in [2.24, 2.45) is 0 Å². The summed E-state index contributed by atoms with van der Waals surface area (Å²) in [7, 11) is 0. The van der Waals surface area contributed by atoms with E-state index in [2.05, 4.69) is 15.2 Å². The second kappa shape index (κ2) is 4.92. The van der Waals surface area contributed by atoms with Crippen molar-refractivity contribution in [3.05, 3.63) is 65.3 Å². The zero-order valence-electron chi connectivity index (χ0n) is 11.3. The first-order valence-electron chi connectivity index (χ1n) is 6.58. The van der Waals surface area contributed by atoms with Crippen LogP contribution in [-0.4, -0.2) is 15.2 Å². The van der Waals surface area contributed by atoms with Crippen molar-refractivity contribution < 1.29 is 8.83 Å². The molecule has 3 aromatic heterocycles. The van der Waals surface area contributed by atoms with Gasteiger partial charge in [-0.3, -0.25) is 9.78 Å². The van der Waals surface area contributed by atoms with Crippen LogP contribution in [0.4, 0.5) is 0 Å². The van der Waals surface area contributed by atoms with Gasteiger partial charge < -0.3 is 8.83 Å². The molecule has 0 aliphatic rings. The van der Waals surface area contributed by atoms with Gasteiger partial charge in [0.25, 0.3) is 5.89 Å². The van der Waals surface area contributed by atoms with E-state index in [9.17, 15) is 4.79 Å². The Morgan fingerprint density at radius 1 is 0.955 bits per heavy atom. The number of aromatic nitrogens is 3. The van der Waals surface area contributed by atoms with Gasteiger partial charge in [0.2, 0.25) is 11.3 Å². The molecule has 0 N–H and O–H groups in total. The van der Waals surface area contributed by atoms with Crippen LogP contribution in [0, 0.1) is 0 Å². The molecule has 1 aromatic carbocycles.